The molecule has 0 bridgehead atoms. The summed E-state index contributed by atoms with van der Waals surface area (Å²) in [6.07, 6.45) is 1.51. The smallest absolute Gasteiger partial charge is 0.188 e. The third-order valence-electron chi connectivity index (χ3n) is 2.42. The Labute approximate surface area is 98.9 Å². The molecule has 0 aliphatic heterocycles. The zero-order valence-corrected chi connectivity index (χ0v) is 10.1. The zero-order chi connectivity index (χ0) is 11.4. The number of hydrogen-bond acceptors (Lipinski definition) is 4. The van der Waals surface area contributed by atoms with Crippen LogP contribution >= 0.6 is 11.8 Å². The van der Waals surface area contributed by atoms with Gasteiger partial charge in [0.25, 0.3) is 0 Å². The molecule has 2 rings (SSSR count). The first-order valence-corrected chi connectivity index (χ1v) is 5.91. The maximum Gasteiger partial charge on any atom is 0.188 e. The summed E-state index contributed by atoms with van der Waals surface area (Å²) in [4.78, 5) is 5.23. The summed E-state index contributed by atoms with van der Waals surface area (Å²) in [7, 11) is 1.96. The number of aromatic amines is 1. The summed E-state index contributed by atoms with van der Waals surface area (Å²) in [5.41, 5.74) is 1.28. The monoisotopic (exact) mass is 234 g/mol. The maximum absolute atomic E-state index is 4.07. The molecule has 1 unspecified atom stereocenters. The van der Waals surface area contributed by atoms with Crippen molar-refractivity contribution in [2.75, 3.05) is 7.05 Å². The second-order valence-corrected chi connectivity index (χ2v) is 4.53. The van der Waals surface area contributed by atoms with Crippen molar-refractivity contribution in [2.24, 2.45) is 0 Å². The molecule has 84 valence electrons. The molecule has 1 atom stereocenters. The van der Waals surface area contributed by atoms with Crippen molar-refractivity contribution in [3.63, 3.8) is 0 Å². The third kappa shape index (κ3) is 2.62. The highest BCUT2D eigenvalue weighted by molar-refractivity contribution is 7.99. The summed E-state index contributed by atoms with van der Waals surface area (Å²) >= 11 is 1.57. The number of nitrogens with one attached hydrogen (secondary N) is 2. The van der Waals surface area contributed by atoms with Crippen molar-refractivity contribution >= 4 is 11.8 Å². The van der Waals surface area contributed by atoms with E-state index in [0.717, 1.165) is 10.1 Å². The summed E-state index contributed by atoms with van der Waals surface area (Å²) in [5, 5.41) is 10.7. The van der Waals surface area contributed by atoms with Crippen LogP contribution in [0.4, 0.5) is 0 Å². The maximum atomic E-state index is 4.07. The van der Waals surface area contributed by atoms with Gasteiger partial charge in [-0.25, -0.2) is 4.98 Å². The SMILES string of the molecule is CNC(C)c1ccc(Sc2ncn[nH]2)cc1. The summed E-state index contributed by atoms with van der Waals surface area (Å²) < 4.78 is 0. The minimum atomic E-state index is 0.379. The minimum absolute atomic E-state index is 0.379. The van der Waals surface area contributed by atoms with E-state index in [0.29, 0.717) is 6.04 Å². The van der Waals surface area contributed by atoms with Crippen LogP contribution in [0.25, 0.3) is 0 Å². The van der Waals surface area contributed by atoms with E-state index >= 15 is 0 Å². The molecule has 5 heteroatoms. The fraction of sp³-hybridized carbons (Fsp3) is 0.273. The molecular formula is C11H14N4S. The molecule has 0 spiro atoms. The van der Waals surface area contributed by atoms with Crippen LogP contribution in [0, 0.1) is 0 Å². The number of nitrogens with zero attached hydrogens (tertiary/aromatic N) is 2. The van der Waals surface area contributed by atoms with Gasteiger partial charge in [-0.2, -0.15) is 5.10 Å². The Kier molecular flexibility index (Phi) is 3.58. The molecule has 1 aromatic carbocycles. The molecule has 1 heterocycles. The lowest BCUT2D eigenvalue weighted by Crippen LogP contribution is -2.11. The van der Waals surface area contributed by atoms with Crippen LogP contribution in [0.1, 0.15) is 18.5 Å². The average molecular weight is 234 g/mol. The van der Waals surface area contributed by atoms with E-state index in [1.54, 1.807) is 11.8 Å². The lowest BCUT2D eigenvalue weighted by atomic mass is 10.1. The van der Waals surface area contributed by atoms with E-state index in [2.05, 4.69) is 51.7 Å². The second-order valence-electron chi connectivity index (χ2n) is 3.47. The van der Waals surface area contributed by atoms with E-state index < -0.39 is 0 Å². The van der Waals surface area contributed by atoms with E-state index in [9.17, 15) is 0 Å². The number of hydrogen-bond donors (Lipinski definition) is 2. The van der Waals surface area contributed by atoms with Gasteiger partial charge in [-0.05, 0) is 31.7 Å². The third-order valence-corrected chi connectivity index (χ3v) is 3.32. The van der Waals surface area contributed by atoms with Crippen molar-refractivity contribution in [3.05, 3.63) is 36.2 Å². The summed E-state index contributed by atoms with van der Waals surface area (Å²) in [5.74, 6) is 0. The molecule has 0 radical (unpaired) electrons. The Hall–Kier alpha value is -1.33. The molecule has 0 saturated carbocycles. The molecule has 16 heavy (non-hydrogen) atoms. The van der Waals surface area contributed by atoms with Crippen molar-refractivity contribution in [1.29, 1.82) is 0 Å². The topological polar surface area (TPSA) is 53.6 Å². The highest BCUT2D eigenvalue weighted by atomic mass is 32.2. The molecule has 0 aliphatic rings. The van der Waals surface area contributed by atoms with Gasteiger partial charge in [0, 0.05) is 10.9 Å². The van der Waals surface area contributed by atoms with Crippen LogP contribution in [0.5, 0.6) is 0 Å². The molecule has 4 nitrogen and oxygen atoms in total. The first-order chi connectivity index (χ1) is 7.79. The van der Waals surface area contributed by atoms with Gasteiger partial charge in [0.2, 0.25) is 0 Å². The Balaban J connectivity index is 2.07. The predicted octanol–water partition coefficient (Wildman–Crippen LogP) is 2.24. The lowest BCUT2D eigenvalue weighted by Gasteiger charge is -2.10. The molecule has 1 aromatic heterocycles. The lowest BCUT2D eigenvalue weighted by molar-refractivity contribution is 0.652. The van der Waals surface area contributed by atoms with Gasteiger partial charge in [-0.1, -0.05) is 23.9 Å². The number of aromatic nitrogens is 3. The predicted molar refractivity (Wildman–Crippen MR) is 64.4 cm³/mol. The fourth-order valence-electron chi connectivity index (χ4n) is 1.35. The fourth-order valence-corrected chi connectivity index (χ4v) is 2.04. The minimum Gasteiger partial charge on any atom is -0.313 e. The Morgan fingerprint density at radius 1 is 1.31 bits per heavy atom. The van der Waals surface area contributed by atoms with Crippen molar-refractivity contribution in [1.82, 2.24) is 20.5 Å². The first-order valence-electron chi connectivity index (χ1n) is 5.10. The van der Waals surface area contributed by atoms with Gasteiger partial charge in [0.05, 0.1) is 0 Å². The average Bonchev–Trinajstić information content (AvgIpc) is 2.82. The van der Waals surface area contributed by atoms with E-state index in [1.807, 2.05) is 7.05 Å². The van der Waals surface area contributed by atoms with E-state index in [1.165, 1.54) is 11.9 Å². The van der Waals surface area contributed by atoms with Crippen LogP contribution in [-0.2, 0) is 0 Å². The molecular weight excluding hydrogens is 220 g/mol. The highest BCUT2D eigenvalue weighted by Crippen LogP contribution is 2.25. The van der Waals surface area contributed by atoms with E-state index in [-0.39, 0.29) is 0 Å². The van der Waals surface area contributed by atoms with Gasteiger partial charge in [-0.15, -0.1) is 0 Å². The van der Waals surface area contributed by atoms with Crippen LogP contribution in [0.15, 0.2) is 40.6 Å². The van der Waals surface area contributed by atoms with Gasteiger partial charge in [0.1, 0.15) is 6.33 Å². The molecule has 0 fully saturated rings. The van der Waals surface area contributed by atoms with Gasteiger partial charge < -0.3 is 5.32 Å². The number of rotatable bonds is 4. The normalized spacial score (nSPS) is 12.6. The van der Waals surface area contributed by atoms with Gasteiger partial charge in [0.15, 0.2) is 5.16 Å². The Bertz CT molecular complexity index is 424. The number of benzene rings is 1. The van der Waals surface area contributed by atoms with Crippen molar-refractivity contribution < 1.29 is 0 Å². The molecule has 0 amide bonds. The summed E-state index contributed by atoms with van der Waals surface area (Å²) in [6.45, 7) is 2.14. The molecule has 0 aliphatic carbocycles. The Morgan fingerprint density at radius 3 is 2.62 bits per heavy atom. The largest absolute Gasteiger partial charge is 0.313 e. The van der Waals surface area contributed by atoms with Crippen LogP contribution in [0.3, 0.4) is 0 Å². The van der Waals surface area contributed by atoms with Crippen LogP contribution < -0.4 is 5.32 Å². The molecule has 0 saturated heterocycles. The van der Waals surface area contributed by atoms with E-state index in [4.69, 9.17) is 0 Å². The first kappa shape index (κ1) is 11.2. The zero-order valence-electron chi connectivity index (χ0n) is 9.27. The summed E-state index contributed by atoms with van der Waals surface area (Å²) in [6, 6.07) is 8.82. The second kappa shape index (κ2) is 5.14. The Morgan fingerprint density at radius 2 is 2.06 bits per heavy atom. The van der Waals surface area contributed by atoms with Crippen molar-refractivity contribution in [2.45, 2.75) is 23.0 Å². The van der Waals surface area contributed by atoms with Crippen molar-refractivity contribution in [3.8, 4) is 0 Å². The highest BCUT2D eigenvalue weighted by Gasteiger charge is 2.03. The quantitative estimate of drug-likeness (QED) is 0.852. The van der Waals surface area contributed by atoms with Crippen LogP contribution in [0.2, 0.25) is 0 Å². The van der Waals surface area contributed by atoms with Gasteiger partial charge in [-0.3, -0.25) is 5.10 Å². The molecule has 2 N–H and O–H groups in total. The van der Waals surface area contributed by atoms with Crippen LogP contribution in [-0.4, -0.2) is 22.2 Å². The standard InChI is InChI=1S/C11H14N4S/c1-8(12-2)9-3-5-10(6-4-9)16-11-13-7-14-15-11/h3-8,12H,1-2H3,(H,13,14,15). The van der Waals surface area contributed by atoms with Gasteiger partial charge >= 0.3 is 0 Å². The number of H-pyrrole nitrogens is 1. The molecule has 2 aromatic rings.